The van der Waals surface area contributed by atoms with Crippen LogP contribution in [0.3, 0.4) is 0 Å². The zero-order valence-corrected chi connectivity index (χ0v) is 22.6. The largest absolute Gasteiger partial charge is 0.497 e. The van der Waals surface area contributed by atoms with Gasteiger partial charge in [0, 0.05) is 29.5 Å². The summed E-state index contributed by atoms with van der Waals surface area (Å²) in [6, 6.07) is 25.9. The lowest BCUT2D eigenvalue weighted by molar-refractivity contribution is 0.297. The van der Waals surface area contributed by atoms with Crippen LogP contribution >= 0.6 is 8.58 Å². The van der Waals surface area contributed by atoms with Crippen LogP contribution in [-0.4, -0.2) is 20.2 Å². The van der Waals surface area contributed by atoms with Crippen molar-refractivity contribution < 1.29 is 9.47 Å². The summed E-state index contributed by atoms with van der Waals surface area (Å²) in [5.41, 5.74) is 3.89. The maximum atomic E-state index is 6.50. The van der Waals surface area contributed by atoms with Crippen LogP contribution in [0.25, 0.3) is 0 Å². The fourth-order valence-electron chi connectivity index (χ4n) is 5.27. The topological polar surface area (TPSA) is 21.7 Å². The Morgan fingerprint density at radius 1 is 0.886 bits per heavy atom. The molecule has 0 aromatic heterocycles. The summed E-state index contributed by atoms with van der Waals surface area (Å²) in [4.78, 5) is 2.61. The van der Waals surface area contributed by atoms with E-state index in [0.717, 1.165) is 30.8 Å². The van der Waals surface area contributed by atoms with Gasteiger partial charge in [0.1, 0.15) is 18.1 Å². The average molecular weight is 490 g/mol. The van der Waals surface area contributed by atoms with Gasteiger partial charge >= 0.3 is 0 Å². The van der Waals surface area contributed by atoms with E-state index in [1.165, 1.54) is 54.5 Å². The monoisotopic (exact) mass is 489 g/mol. The number of para-hydroxylation sites is 1. The highest BCUT2D eigenvalue weighted by Gasteiger charge is 2.34. The van der Waals surface area contributed by atoms with E-state index in [1.54, 1.807) is 7.11 Å². The molecule has 1 fully saturated rings. The number of nitrogens with zero attached hydrogens (tertiary/aromatic N) is 1. The predicted octanol–water partition coefficient (Wildman–Crippen LogP) is 7.67. The van der Waals surface area contributed by atoms with Gasteiger partial charge in [0.05, 0.1) is 7.11 Å². The molecule has 0 saturated carbocycles. The van der Waals surface area contributed by atoms with E-state index >= 15 is 0 Å². The lowest BCUT2D eigenvalue weighted by atomic mass is 9.89. The zero-order chi connectivity index (χ0) is 24.5. The summed E-state index contributed by atoms with van der Waals surface area (Å²) >= 11 is 0. The molecule has 3 nitrogen and oxygen atoms in total. The third kappa shape index (κ3) is 6.19. The van der Waals surface area contributed by atoms with Crippen LogP contribution in [-0.2, 0) is 11.8 Å². The third-order valence-electron chi connectivity index (χ3n) is 7.19. The highest BCUT2D eigenvalue weighted by molar-refractivity contribution is 7.49. The van der Waals surface area contributed by atoms with E-state index in [-0.39, 0.29) is 5.16 Å². The van der Waals surface area contributed by atoms with Gasteiger partial charge in [0.2, 0.25) is 0 Å². The number of ether oxygens (including phenoxy) is 2. The SMILES string of the molecule is CCCC(CC)(Pc1ccccc1N1CCCCC1)c1cc(OC)ccc1OCc1ccccc1. The first kappa shape index (κ1) is 25.6. The predicted molar refractivity (Wildman–Crippen MR) is 151 cm³/mol. The van der Waals surface area contributed by atoms with Gasteiger partial charge in [-0.25, -0.2) is 0 Å². The summed E-state index contributed by atoms with van der Waals surface area (Å²) in [7, 11) is 2.42. The highest BCUT2D eigenvalue weighted by atomic mass is 31.1. The molecule has 3 aromatic carbocycles. The van der Waals surface area contributed by atoms with E-state index in [2.05, 4.69) is 79.4 Å². The molecule has 4 heteroatoms. The average Bonchev–Trinajstić information content (AvgIpc) is 2.93. The van der Waals surface area contributed by atoms with Gasteiger partial charge in [-0.05, 0) is 67.2 Å². The van der Waals surface area contributed by atoms with Gasteiger partial charge in [0.15, 0.2) is 0 Å². The molecule has 0 spiro atoms. The molecule has 2 unspecified atom stereocenters. The fourth-order valence-corrected chi connectivity index (χ4v) is 7.21. The van der Waals surface area contributed by atoms with E-state index in [9.17, 15) is 0 Å². The number of anilines is 1. The Balaban J connectivity index is 1.72. The second kappa shape index (κ2) is 12.5. The summed E-state index contributed by atoms with van der Waals surface area (Å²) < 4.78 is 12.2. The number of piperidine rings is 1. The van der Waals surface area contributed by atoms with Gasteiger partial charge in [-0.15, -0.1) is 0 Å². The molecule has 3 aromatic rings. The van der Waals surface area contributed by atoms with Gasteiger partial charge in [0.25, 0.3) is 0 Å². The second-order valence-electron chi connectivity index (χ2n) is 9.51. The second-order valence-corrected chi connectivity index (χ2v) is 11.3. The fraction of sp³-hybridized carbons (Fsp3) is 0.419. The van der Waals surface area contributed by atoms with E-state index in [0.29, 0.717) is 15.2 Å². The molecule has 0 aliphatic carbocycles. The molecular formula is C31H40NO2P. The van der Waals surface area contributed by atoms with Crippen molar-refractivity contribution in [1.29, 1.82) is 0 Å². The standard InChI is InChI=1S/C31H40NO2P/c1-4-20-31(5-2,35-30-17-11-10-16-28(30)32-21-12-7-13-22-32)27-23-26(33-3)18-19-29(27)34-24-25-14-8-6-9-15-25/h6,8-11,14-19,23,35H,4-5,7,12-13,20-22,24H2,1-3H3. The van der Waals surface area contributed by atoms with E-state index in [1.807, 2.05) is 12.1 Å². The molecule has 186 valence electrons. The van der Waals surface area contributed by atoms with Crippen molar-refractivity contribution in [3.8, 4) is 11.5 Å². The molecule has 0 bridgehead atoms. The minimum absolute atomic E-state index is 0.00119. The first-order valence-corrected chi connectivity index (χ1v) is 14.2. The molecule has 4 rings (SSSR count). The Morgan fingerprint density at radius 3 is 2.34 bits per heavy atom. The first-order chi connectivity index (χ1) is 17.2. The smallest absolute Gasteiger partial charge is 0.124 e. The van der Waals surface area contributed by atoms with Crippen molar-refractivity contribution in [2.24, 2.45) is 0 Å². The van der Waals surface area contributed by atoms with Crippen molar-refractivity contribution >= 4 is 19.6 Å². The van der Waals surface area contributed by atoms with E-state index in [4.69, 9.17) is 9.47 Å². The number of hydrogen-bond acceptors (Lipinski definition) is 3. The van der Waals surface area contributed by atoms with Crippen molar-refractivity contribution in [3.63, 3.8) is 0 Å². The Kier molecular flexibility index (Phi) is 9.10. The molecule has 1 aliphatic rings. The van der Waals surface area contributed by atoms with Crippen LogP contribution in [0.1, 0.15) is 63.5 Å². The maximum absolute atomic E-state index is 6.50. The molecular weight excluding hydrogens is 449 g/mol. The van der Waals surface area contributed by atoms with Gasteiger partial charge in [-0.3, -0.25) is 0 Å². The number of hydrogen-bond donors (Lipinski definition) is 0. The number of benzene rings is 3. The van der Waals surface area contributed by atoms with Crippen LogP contribution in [0.2, 0.25) is 0 Å². The van der Waals surface area contributed by atoms with Crippen molar-refractivity contribution in [1.82, 2.24) is 0 Å². The zero-order valence-electron chi connectivity index (χ0n) is 21.6. The summed E-state index contributed by atoms with van der Waals surface area (Å²) in [6.45, 7) is 7.54. The van der Waals surface area contributed by atoms with Crippen molar-refractivity contribution in [3.05, 3.63) is 83.9 Å². The molecule has 1 aliphatic heterocycles. The third-order valence-corrected chi connectivity index (χ3v) is 9.24. The minimum Gasteiger partial charge on any atom is -0.497 e. The molecule has 1 heterocycles. The maximum Gasteiger partial charge on any atom is 0.124 e. The molecule has 0 N–H and O–H groups in total. The molecule has 1 saturated heterocycles. The quantitative estimate of drug-likeness (QED) is 0.258. The van der Waals surface area contributed by atoms with Crippen LogP contribution < -0.4 is 19.7 Å². The summed E-state index contributed by atoms with van der Waals surface area (Å²) in [5.74, 6) is 1.88. The molecule has 0 amide bonds. The lowest BCUT2D eigenvalue weighted by Crippen LogP contribution is -2.33. The van der Waals surface area contributed by atoms with Crippen molar-refractivity contribution in [2.45, 2.75) is 64.1 Å². The van der Waals surface area contributed by atoms with Crippen LogP contribution in [0.15, 0.2) is 72.8 Å². The first-order valence-electron chi connectivity index (χ1n) is 13.2. The van der Waals surface area contributed by atoms with E-state index < -0.39 is 0 Å². The lowest BCUT2D eigenvalue weighted by Gasteiger charge is -2.37. The Morgan fingerprint density at radius 2 is 1.63 bits per heavy atom. The summed E-state index contributed by atoms with van der Waals surface area (Å²) in [5, 5.41) is 1.47. The Labute approximate surface area is 213 Å². The van der Waals surface area contributed by atoms with Crippen LogP contribution in [0, 0.1) is 0 Å². The van der Waals surface area contributed by atoms with Crippen LogP contribution in [0.4, 0.5) is 5.69 Å². The van der Waals surface area contributed by atoms with Crippen molar-refractivity contribution in [2.75, 3.05) is 25.1 Å². The normalized spacial score (nSPS) is 15.8. The van der Waals surface area contributed by atoms with Gasteiger partial charge in [-0.1, -0.05) is 77.4 Å². The number of rotatable bonds is 11. The van der Waals surface area contributed by atoms with Gasteiger partial charge in [-0.2, -0.15) is 0 Å². The molecule has 0 radical (unpaired) electrons. The minimum atomic E-state index is 0.00119. The van der Waals surface area contributed by atoms with Gasteiger partial charge < -0.3 is 14.4 Å². The molecule has 2 atom stereocenters. The number of methoxy groups -OCH3 is 1. The molecule has 35 heavy (non-hydrogen) atoms. The highest BCUT2D eigenvalue weighted by Crippen LogP contribution is 2.52. The summed E-state index contributed by atoms with van der Waals surface area (Å²) in [6.07, 6.45) is 7.23. The Hall–Kier alpha value is -2.51. The van der Waals surface area contributed by atoms with Crippen LogP contribution in [0.5, 0.6) is 11.5 Å². The Bertz CT molecular complexity index is 1060.